The average Bonchev–Trinajstić information content (AvgIpc) is 2.29. The van der Waals surface area contributed by atoms with Crippen molar-refractivity contribution in [2.75, 3.05) is 0 Å². The van der Waals surface area contributed by atoms with Crippen LogP contribution in [0.2, 0.25) is 0 Å². The molecule has 0 heteroatoms. The molecular weight excluding hydrogens is 204 g/mol. The van der Waals surface area contributed by atoms with Gasteiger partial charge >= 0.3 is 0 Å². The van der Waals surface area contributed by atoms with Gasteiger partial charge in [0.2, 0.25) is 0 Å². The second kappa shape index (κ2) is 6.83. The molecule has 94 valence electrons. The molecule has 1 aliphatic rings. The third-order valence-corrected chi connectivity index (χ3v) is 4.07. The zero-order valence-corrected chi connectivity index (χ0v) is 11.3. The van der Waals surface area contributed by atoms with Gasteiger partial charge in [-0.2, -0.15) is 0 Å². The molecule has 0 atom stereocenters. The van der Waals surface area contributed by atoms with Gasteiger partial charge < -0.3 is 0 Å². The number of rotatable bonds is 3. The summed E-state index contributed by atoms with van der Waals surface area (Å²) in [4.78, 5) is 0. The molecule has 1 saturated carbocycles. The Morgan fingerprint density at radius 2 is 1.71 bits per heavy atom. The van der Waals surface area contributed by atoms with Gasteiger partial charge in [-0.1, -0.05) is 69.7 Å². The molecule has 0 amide bonds. The summed E-state index contributed by atoms with van der Waals surface area (Å²) < 4.78 is 0. The van der Waals surface area contributed by atoms with E-state index in [1.54, 1.807) is 5.56 Å². The predicted molar refractivity (Wildman–Crippen MR) is 75.5 cm³/mol. The van der Waals surface area contributed by atoms with E-state index in [-0.39, 0.29) is 0 Å². The highest BCUT2D eigenvalue weighted by Crippen LogP contribution is 2.31. The van der Waals surface area contributed by atoms with Crippen LogP contribution in [0.15, 0.2) is 24.3 Å². The summed E-state index contributed by atoms with van der Waals surface area (Å²) in [7, 11) is 0. The van der Waals surface area contributed by atoms with Crippen LogP contribution in [-0.4, -0.2) is 0 Å². The summed E-state index contributed by atoms with van der Waals surface area (Å²) in [5.41, 5.74) is 3.14. The highest BCUT2D eigenvalue weighted by atomic mass is 14.2. The van der Waals surface area contributed by atoms with E-state index in [2.05, 4.69) is 31.2 Å². The summed E-state index contributed by atoms with van der Waals surface area (Å²) in [6, 6.07) is 9.37. The van der Waals surface area contributed by atoms with Crippen molar-refractivity contribution in [1.29, 1.82) is 0 Å². The van der Waals surface area contributed by atoms with Crippen molar-refractivity contribution < 1.29 is 0 Å². The molecule has 17 heavy (non-hydrogen) atoms. The van der Waals surface area contributed by atoms with Crippen LogP contribution >= 0.6 is 0 Å². The Balaban J connectivity index is 2.05. The molecule has 0 unspecified atom stereocenters. The van der Waals surface area contributed by atoms with Crippen LogP contribution in [-0.2, 0) is 6.42 Å². The monoisotopic (exact) mass is 230 g/mol. The fourth-order valence-electron chi connectivity index (χ4n) is 3.08. The Morgan fingerprint density at radius 1 is 1.00 bits per heavy atom. The van der Waals surface area contributed by atoms with E-state index in [1.807, 2.05) is 0 Å². The Kier molecular flexibility index (Phi) is 5.09. The minimum absolute atomic E-state index is 0.840. The van der Waals surface area contributed by atoms with Crippen LogP contribution in [0.25, 0.3) is 0 Å². The van der Waals surface area contributed by atoms with Gasteiger partial charge in [-0.15, -0.1) is 0 Å². The maximum atomic E-state index is 2.47. The maximum absolute atomic E-state index is 2.47. The van der Waals surface area contributed by atoms with Gasteiger partial charge in [-0.25, -0.2) is 0 Å². The number of hydrogen-bond acceptors (Lipinski definition) is 0. The minimum atomic E-state index is 0.840. The van der Waals surface area contributed by atoms with E-state index in [4.69, 9.17) is 0 Å². The second-order valence-corrected chi connectivity index (χ2v) is 5.54. The van der Waals surface area contributed by atoms with E-state index in [0.717, 1.165) is 5.92 Å². The number of benzene rings is 1. The third kappa shape index (κ3) is 3.87. The first-order chi connectivity index (χ1) is 8.40. The van der Waals surface area contributed by atoms with Crippen molar-refractivity contribution in [3.63, 3.8) is 0 Å². The van der Waals surface area contributed by atoms with E-state index in [1.165, 1.54) is 63.4 Å². The lowest BCUT2D eigenvalue weighted by Crippen LogP contribution is -2.03. The van der Waals surface area contributed by atoms with Crippen LogP contribution in [0.1, 0.15) is 75.3 Å². The van der Waals surface area contributed by atoms with E-state index >= 15 is 0 Å². The Bertz CT molecular complexity index is 319. The zero-order chi connectivity index (χ0) is 11.9. The zero-order valence-electron chi connectivity index (χ0n) is 11.3. The Labute approximate surface area is 106 Å². The van der Waals surface area contributed by atoms with Crippen molar-refractivity contribution in [2.45, 2.75) is 70.6 Å². The van der Waals surface area contributed by atoms with Crippen LogP contribution in [0.3, 0.4) is 0 Å². The lowest BCUT2D eigenvalue weighted by molar-refractivity contribution is 0.455. The maximum Gasteiger partial charge on any atom is -0.0162 e. The number of aryl methyl sites for hydroxylation is 1. The number of hydrogen-bond donors (Lipinski definition) is 0. The SMILES string of the molecule is CCCc1cccc(C2CCCCCCC2)c1. The van der Waals surface area contributed by atoms with Crippen LogP contribution in [0, 0.1) is 0 Å². The fraction of sp³-hybridized carbons (Fsp3) is 0.647. The van der Waals surface area contributed by atoms with E-state index in [9.17, 15) is 0 Å². The predicted octanol–water partition coefficient (Wildman–Crippen LogP) is 5.47. The van der Waals surface area contributed by atoms with Gasteiger partial charge in [0, 0.05) is 0 Å². The van der Waals surface area contributed by atoms with Crippen LogP contribution < -0.4 is 0 Å². The van der Waals surface area contributed by atoms with Gasteiger partial charge in [-0.05, 0) is 36.3 Å². The molecule has 0 saturated heterocycles. The molecule has 2 rings (SSSR count). The second-order valence-electron chi connectivity index (χ2n) is 5.54. The fourth-order valence-corrected chi connectivity index (χ4v) is 3.08. The Hall–Kier alpha value is -0.780. The smallest absolute Gasteiger partial charge is 0.0162 e. The standard InChI is InChI=1S/C17H26/c1-2-9-15-10-8-13-17(14-15)16-11-6-4-3-5-7-12-16/h8,10,13-14,16H,2-7,9,11-12H2,1H3. The molecule has 0 bridgehead atoms. The molecular formula is C17H26. The summed E-state index contributed by atoms with van der Waals surface area (Å²) >= 11 is 0. The first-order valence-electron chi connectivity index (χ1n) is 7.49. The molecule has 1 aliphatic carbocycles. The largest absolute Gasteiger partial charge is 0.0651 e. The molecule has 1 aromatic carbocycles. The van der Waals surface area contributed by atoms with Crippen molar-refractivity contribution in [3.8, 4) is 0 Å². The minimum Gasteiger partial charge on any atom is -0.0651 e. The normalized spacial score (nSPS) is 18.6. The summed E-state index contributed by atoms with van der Waals surface area (Å²) in [5.74, 6) is 0.840. The summed E-state index contributed by atoms with van der Waals surface area (Å²) in [5, 5.41) is 0. The van der Waals surface area contributed by atoms with Crippen molar-refractivity contribution in [1.82, 2.24) is 0 Å². The topological polar surface area (TPSA) is 0 Å². The van der Waals surface area contributed by atoms with Gasteiger partial charge in [0.1, 0.15) is 0 Å². The first-order valence-corrected chi connectivity index (χ1v) is 7.49. The highest BCUT2D eigenvalue weighted by molar-refractivity contribution is 5.26. The first kappa shape index (κ1) is 12.7. The van der Waals surface area contributed by atoms with Gasteiger partial charge in [0.05, 0.1) is 0 Å². The van der Waals surface area contributed by atoms with Crippen molar-refractivity contribution in [2.24, 2.45) is 0 Å². The molecule has 1 aromatic rings. The summed E-state index contributed by atoms with van der Waals surface area (Å²) in [6.45, 7) is 2.27. The lowest BCUT2D eigenvalue weighted by atomic mass is 9.85. The molecule has 0 radical (unpaired) electrons. The average molecular weight is 230 g/mol. The van der Waals surface area contributed by atoms with Gasteiger partial charge in [0.15, 0.2) is 0 Å². The molecule has 0 aliphatic heterocycles. The molecule has 1 fully saturated rings. The third-order valence-electron chi connectivity index (χ3n) is 4.07. The molecule has 0 spiro atoms. The van der Waals surface area contributed by atoms with E-state index < -0.39 is 0 Å². The van der Waals surface area contributed by atoms with Crippen LogP contribution in [0.5, 0.6) is 0 Å². The van der Waals surface area contributed by atoms with Crippen molar-refractivity contribution >= 4 is 0 Å². The molecule has 0 N–H and O–H groups in total. The highest BCUT2D eigenvalue weighted by Gasteiger charge is 2.13. The van der Waals surface area contributed by atoms with Crippen molar-refractivity contribution in [3.05, 3.63) is 35.4 Å². The molecule has 0 nitrogen and oxygen atoms in total. The quantitative estimate of drug-likeness (QED) is 0.646. The Morgan fingerprint density at radius 3 is 2.41 bits per heavy atom. The lowest BCUT2D eigenvalue weighted by Gasteiger charge is -2.20. The summed E-state index contributed by atoms with van der Waals surface area (Å²) in [6.07, 6.45) is 12.5. The molecule has 0 aromatic heterocycles. The van der Waals surface area contributed by atoms with E-state index in [0.29, 0.717) is 0 Å². The van der Waals surface area contributed by atoms with Gasteiger partial charge in [-0.3, -0.25) is 0 Å². The van der Waals surface area contributed by atoms with Crippen LogP contribution in [0.4, 0.5) is 0 Å². The molecule has 0 heterocycles. The van der Waals surface area contributed by atoms with Gasteiger partial charge in [0.25, 0.3) is 0 Å².